The summed E-state index contributed by atoms with van der Waals surface area (Å²) in [5, 5.41) is 20.1. The standard InChI is InChI=1S/C15H21N7O2/c1-9(2)16-13-19-14(17-10(3)4)21-15(20-13)18-11-6-5-7-12(8-11)22(23)24/h5-10H,1-4H3,(H3,16,17,18,19,20,21). The predicted octanol–water partition coefficient (Wildman–Crippen LogP) is 3.16. The van der Waals surface area contributed by atoms with Crippen molar-refractivity contribution in [2.75, 3.05) is 16.0 Å². The molecule has 1 heterocycles. The van der Waals surface area contributed by atoms with Gasteiger partial charge in [0.15, 0.2) is 0 Å². The molecule has 128 valence electrons. The minimum absolute atomic E-state index is 0.00452. The quantitative estimate of drug-likeness (QED) is 0.523. The Morgan fingerprint density at radius 2 is 1.50 bits per heavy atom. The third-order valence-corrected chi connectivity index (χ3v) is 2.78. The maximum atomic E-state index is 10.9. The zero-order valence-electron chi connectivity index (χ0n) is 14.1. The largest absolute Gasteiger partial charge is 0.352 e. The van der Waals surface area contributed by atoms with E-state index in [1.165, 1.54) is 12.1 Å². The fourth-order valence-corrected chi connectivity index (χ4v) is 1.90. The highest BCUT2D eigenvalue weighted by molar-refractivity contribution is 5.59. The maximum Gasteiger partial charge on any atom is 0.271 e. The highest BCUT2D eigenvalue weighted by atomic mass is 16.6. The van der Waals surface area contributed by atoms with Crippen LogP contribution in [-0.2, 0) is 0 Å². The fraction of sp³-hybridized carbons (Fsp3) is 0.400. The smallest absolute Gasteiger partial charge is 0.271 e. The highest BCUT2D eigenvalue weighted by Crippen LogP contribution is 2.21. The number of hydrogen-bond donors (Lipinski definition) is 3. The molecule has 0 aliphatic heterocycles. The highest BCUT2D eigenvalue weighted by Gasteiger charge is 2.11. The van der Waals surface area contributed by atoms with E-state index in [1.807, 2.05) is 27.7 Å². The number of anilines is 4. The molecule has 3 N–H and O–H groups in total. The lowest BCUT2D eigenvalue weighted by atomic mass is 10.3. The molecule has 0 aliphatic rings. The van der Waals surface area contributed by atoms with Crippen molar-refractivity contribution in [1.29, 1.82) is 0 Å². The minimum atomic E-state index is -0.448. The Kier molecular flexibility index (Phi) is 5.46. The Balaban J connectivity index is 2.30. The van der Waals surface area contributed by atoms with E-state index in [0.29, 0.717) is 23.5 Å². The molecule has 1 aromatic carbocycles. The van der Waals surface area contributed by atoms with Crippen molar-refractivity contribution < 1.29 is 4.92 Å². The van der Waals surface area contributed by atoms with Gasteiger partial charge in [-0.1, -0.05) is 6.07 Å². The van der Waals surface area contributed by atoms with Crippen LogP contribution in [0.2, 0.25) is 0 Å². The van der Waals surface area contributed by atoms with Crippen molar-refractivity contribution in [3.05, 3.63) is 34.4 Å². The van der Waals surface area contributed by atoms with Crippen LogP contribution in [0.15, 0.2) is 24.3 Å². The van der Waals surface area contributed by atoms with E-state index in [-0.39, 0.29) is 17.8 Å². The fourth-order valence-electron chi connectivity index (χ4n) is 1.90. The third kappa shape index (κ3) is 5.04. The molecule has 0 radical (unpaired) electrons. The van der Waals surface area contributed by atoms with Gasteiger partial charge in [0.2, 0.25) is 17.8 Å². The number of benzene rings is 1. The van der Waals surface area contributed by atoms with Gasteiger partial charge in [-0.2, -0.15) is 15.0 Å². The summed E-state index contributed by atoms with van der Waals surface area (Å²) in [4.78, 5) is 23.3. The van der Waals surface area contributed by atoms with Gasteiger partial charge in [-0.05, 0) is 33.8 Å². The molecule has 0 unspecified atom stereocenters. The van der Waals surface area contributed by atoms with Crippen molar-refractivity contribution >= 4 is 29.2 Å². The van der Waals surface area contributed by atoms with Crippen molar-refractivity contribution in [2.24, 2.45) is 0 Å². The van der Waals surface area contributed by atoms with E-state index >= 15 is 0 Å². The van der Waals surface area contributed by atoms with Gasteiger partial charge in [-0.15, -0.1) is 0 Å². The zero-order chi connectivity index (χ0) is 17.7. The van der Waals surface area contributed by atoms with Crippen molar-refractivity contribution in [3.8, 4) is 0 Å². The molecule has 24 heavy (non-hydrogen) atoms. The summed E-state index contributed by atoms with van der Waals surface area (Å²) in [6.45, 7) is 7.92. The molecule has 2 rings (SSSR count). The summed E-state index contributed by atoms with van der Waals surface area (Å²) < 4.78 is 0. The number of rotatable bonds is 7. The van der Waals surface area contributed by atoms with Crippen LogP contribution in [0.4, 0.5) is 29.2 Å². The molecule has 1 aromatic heterocycles. The predicted molar refractivity (Wildman–Crippen MR) is 93.7 cm³/mol. The number of hydrogen-bond acceptors (Lipinski definition) is 8. The molecule has 0 saturated carbocycles. The number of nitrogens with one attached hydrogen (secondary N) is 3. The number of nitrogens with zero attached hydrogens (tertiary/aromatic N) is 4. The molecule has 0 saturated heterocycles. The summed E-state index contributed by atoms with van der Waals surface area (Å²) >= 11 is 0. The maximum absolute atomic E-state index is 10.9. The molecule has 9 nitrogen and oxygen atoms in total. The zero-order valence-corrected chi connectivity index (χ0v) is 14.1. The lowest BCUT2D eigenvalue weighted by Crippen LogP contribution is -2.18. The Hall–Kier alpha value is -2.97. The lowest BCUT2D eigenvalue weighted by molar-refractivity contribution is -0.384. The first-order valence-electron chi connectivity index (χ1n) is 7.64. The summed E-state index contributed by atoms with van der Waals surface area (Å²) in [6.07, 6.45) is 0. The summed E-state index contributed by atoms with van der Waals surface area (Å²) in [5.74, 6) is 1.16. The summed E-state index contributed by atoms with van der Waals surface area (Å²) in [5.41, 5.74) is 0.525. The Labute approximate surface area is 140 Å². The van der Waals surface area contributed by atoms with Crippen LogP contribution in [0, 0.1) is 10.1 Å². The number of non-ortho nitro benzene ring substituents is 1. The molecule has 2 aromatic rings. The van der Waals surface area contributed by atoms with E-state index in [4.69, 9.17) is 0 Å². The second kappa shape index (κ2) is 7.53. The Bertz CT molecular complexity index is 690. The lowest BCUT2D eigenvalue weighted by Gasteiger charge is -2.14. The van der Waals surface area contributed by atoms with Gasteiger partial charge in [-0.3, -0.25) is 10.1 Å². The monoisotopic (exact) mass is 331 g/mol. The van der Waals surface area contributed by atoms with Crippen molar-refractivity contribution in [2.45, 2.75) is 39.8 Å². The van der Waals surface area contributed by atoms with Gasteiger partial charge < -0.3 is 16.0 Å². The molecule has 0 fully saturated rings. The summed E-state index contributed by atoms with van der Waals surface area (Å²) in [7, 11) is 0. The van der Waals surface area contributed by atoms with Crippen LogP contribution in [0.3, 0.4) is 0 Å². The van der Waals surface area contributed by atoms with Gasteiger partial charge in [0.25, 0.3) is 5.69 Å². The molecule has 0 spiro atoms. The first-order chi connectivity index (χ1) is 11.3. The van der Waals surface area contributed by atoms with Crippen LogP contribution in [0.1, 0.15) is 27.7 Å². The Morgan fingerprint density at radius 3 is 2.00 bits per heavy atom. The van der Waals surface area contributed by atoms with E-state index in [2.05, 4.69) is 30.9 Å². The third-order valence-electron chi connectivity index (χ3n) is 2.78. The number of nitro benzene ring substituents is 1. The van der Waals surface area contributed by atoms with Gasteiger partial charge in [0.1, 0.15) is 0 Å². The average molecular weight is 331 g/mol. The van der Waals surface area contributed by atoms with Gasteiger partial charge >= 0.3 is 0 Å². The van der Waals surface area contributed by atoms with Crippen LogP contribution < -0.4 is 16.0 Å². The molecule has 9 heteroatoms. The second-order valence-corrected chi connectivity index (χ2v) is 5.84. The molecular formula is C15H21N7O2. The van der Waals surface area contributed by atoms with Gasteiger partial charge in [0, 0.05) is 29.9 Å². The van der Waals surface area contributed by atoms with E-state index in [1.54, 1.807) is 12.1 Å². The van der Waals surface area contributed by atoms with Gasteiger partial charge in [0.05, 0.1) is 4.92 Å². The molecular weight excluding hydrogens is 310 g/mol. The topological polar surface area (TPSA) is 118 Å². The molecule has 0 bridgehead atoms. The van der Waals surface area contributed by atoms with E-state index in [9.17, 15) is 10.1 Å². The number of aromatic nitrogens is 3. The first-order valence-corrected chi connectivity index (χ1v) is 7.64. The van der Waals surface area contributed by atoms with Crippen molar-refractivity contribution in [3.63, 3.8) is 0 Å². The Morgan fingerprint density at radius 1 is 0.958 bits per heavy atom. The molecule has 0 amide bonds. The summed E-state index contributed by atoms with van der Waals surface area (Å²) in [6, 6.07) is 6.48. The van der Waals surface area contributed by atoms with E-state index in [0.717, 1.165) is 0 Å². The molecule has 0 atom stereocenters. The molecule has 0 aliphatic carbocycles. The van der Waals surface area contributed by atoms with Crippen LogP contribution >= 0.6 is 0 Å². The number of nitro groups is 1. The van der Waals surface area contributed by atoms with Crippen LogP contribution in [0.5, 0.6) is 0 Å². The minimum Gasteiger partial charge on any atom is -0.352 e. The SMILES string of the molecule is CC(C)Nc1nc(Nc2cccc([N+](=O)[O-])c2)nc(NC(C)C)n1. The average Bonchev–Trinajstić information content (AvgIpc) is 2.45. The van der Waals surface area contributed by atoms with Crippen LogP contribution in [0.25, 0.3) is 0 Å². The second-order valence-electron chi connectivity index (χ2n) is 5.84. The van der Waals surface area contributed by atoms with E-state index < -0.39 is 4.92 Å². The van der Waals surface area contributed by atoms with Crippen molar-refractivity contribution in [1.82, 2.24) is 15.0 Å². The first kappa shape index (κ1) is 17.4. The normalized spacial score (nSPS) is 10.8. The van der Waals surface area contributed by atoms with Crippen LogP contribution in [-0.4, -0.2) is 32.0 Å². The van der Waals surface area contributed by atoms with Gasteiger partial charge in [-0.25, -0.2) is 0 Å².